The minimum atomic E-state index is 0.467. The van der Waals surface area contributed by atoms with Crippen molar-refractivity contribution in [2.24, 2.45) is 0 Å². The van der Waals surface area contributed by atoms with Crippen LogP contribution in [0.1, 0.15) is 28.8 Å². The fourth-order valence-electron chi connectivity index (χ4n) is 1.97. The number of aryl methyl sites for hydroxylation is 1. The molecule has 0 radical (unpaired) electrons. The zero-order valence-electron chi connectivity index (χ0n) is 10.2. The molecule has 0 aliphatic heterocycles. The molecule has 18 heavy (non-hydrogen) atoms. The van der Waals surface area contributed by atoms with E-state index >= 15 is 0 Å². The Kier molecular flexibility index (Phi) is 5.45. The third kappa shape index (κ3) is 4.25. The monoisotopic (exact) mass is 366 g/mol. The van der Waals surface area contributed by atoms with Crippen LogP contribution in [-0.4, -0.2) is 0 Å². The van der Waals surface area contributed by atoms with Gasteiger partial charge in [-0.1, -0.05) is 74.3 Å². The molecule has 0 saturated carbocycles. The second-order valence-electron chi connectivity index (χ2n) is 4.40. The average molecular weight is 368 g/mol. The average Bonchev–Trinajstić information content (AvgIpc) is 2.42. The van der Waals surface area contributed by atoms with E-state index in [2.05, 4.69) is 86.5 Å². The molecule has 0 amide bonds. The molecule has 2 rings (SSSR count). The van der Waals surface area contributed by atoms with Crippen LogP contribution in [0, 0.1) is 0 Å². The van der Waals surface area contributed by atoms with Crippen molar-refractivity contribution in [2.75, 3.05) is 0 Å². The first-order valence-electron chi connectivity index (χ1n) is 6.19. The smallest absolute Gasteiger partial charge is 0.0395 e. The van der Waals surface area contributed by atoms with E-state index < -0.39 is 0 Å². The van der Waals surface area contributed by atoms with Crippen LogP contribution in [0.4, 0.5) is 0 Å². The lowest BCUT2D eigenvalue weighted by atomic mass is 10.0. The molecular formula is C16H16Br2. The van der Waals surface area contributed by atoms with Gasteiger partial charge in [-0.2, -0.15) is 0 Å². The molecule has 2 heteroatoms. The van der Waals surface area contributed by atoms with Crippen LogP contribution in [-0.2, 0) is 6.42 Å². The normalized spacial score (nSPS) is 12.3. The van der Waals surface area contributed by atoms with Gasteiger partial charge in [-0.25, -0.2) is 0 Å². The number of halogens is 2. The van der Waals surface area contributed by atoms with E-state index in [0.717, 1.165) is 10.9 Å². The van der Waals surface area contributed by atoms with E-state index in [1.54, 1.807) is 0 Å². The van der Waals surface area contributed by atoms with Crippen molar-refractivity contribution in [3.63, 3.8) is 0 Å². The highest BCUT2D eigenvalue weighted by atomic mass is 79.9. The molecule has 0 saturated heterocycles. The van der Waals surface area contributed by atoms with Crippen LogP contribution in [0.2, 0.25) is 0 Å². The standard InChI is InChI=1S/C16H16Br2/c17-15-11-9-13(10-12-15)5-4-8-16(18)14-6-2-1-3-7-14/h1-3,6-7,9-12,16H,4-5,8H2. The molecule has 0 fully saturated rings. The van der Waals surface area contributed by atoms with Crippen molar-refractivity contribution in [1.29, 1.82) is 0 Å². The van der Waals surface area contributed by atoms with E-state index in [4.69, 9.17) is 0 Å². The largest absolute Gasteiger partial charge is 0.0839 e. The molecule has 0 heterocycles. The maximum atomic E-state index is 3.76. The van der Waals surface area contributed by atoms with Crippen molar-refractivity contribution in [2.45, 2.75) is 24.1 Å². The summed E-state index contributed by atoms with van der Waals surface area (Å²) in [5.41, 5.74) is 2.78. The Morgan fingerprint density at radius 1 is 0.889 bits per heavy atom. The predicted octanol–water partition coefficient (Wildman–Crippen LogP) is 5.91. The van der Waals surface area contributed by atoms with Gasteiger partial charge in [0.25, 0.3) is 0 Å². The molecule has 0 aromatic heterocycles. The van der Waals surface area contributed by atoms with E-state index in [1.165, 1.54) is 24.0 Å². The Labute approximate surface area is 126 Å². The molecule has 0 nitrogen and oxygen atoms in total. The topological polar surface area (TPSA) is 0 Å². The molecular weight excluding hydrogens is 352 g/mol. The zero-order valence-corrected chi connectivity index (χ0v) is 13.3. The van der Waals surface area contributed by atoms with Gasteiger partial charge in [-0.3, -0.25) is 0 Å². The van der Waals surface area contributed by atoms with E-state index in [1.807, 2.05) is 0 Å². The number of hydrogen-bond donors (Lipinski definition) is 0. The minimum Gasteiger partial charge on any atom is -0.0839 e. The summed E-state index contributed by atoms with van der Waals surface area (Å²) in [6, 6.07) is 19.2. The number of benzene rings is 2. The SMILES string of the molecule is Brc1ccc(CCCC(Br)c2ccccc2)cc1. The summed E-state index contributed by atoms with van der Waals surface area (Å²) in [4.78, 5) is 0.467. The van der Waals surface area contributed by atoms with Gasteiger partial charge in [0.05, 0.1) is 0 Å². The van der Waals surface area contributed by atoms with E-state index in [0.29, 0.717) is 4.83 Å². The summed E-state index contributed by atoms with van der Waals surface area (Å²) < 4.78 is 1.15. The lowest BCUT2D eigenvalue weighted by molar-refractivity contribution is 0.729. The summed E-state index contributed by atoms with van der Waals surface area (Å²) >= 11 is 7.22. The molecule has 94 valence electrons. The first-order chi connectivity index (χ1) is 8.75. The Hall–Kier alpha value is -0.600. The van der Waals surface area contributed by atoms with Crippen molar-refractivity contribution >= 4 is 31.9 Å². The summed E-state index contributed by atoms with van der Waals surface area (Å²) in [6.45, 7) is 0. The van der Waals surface area contributed by atoms with Gasteiger partial charge in [0.1, 0.15) is 0 Å². The Balaban J connectivity index is 1.80. The second kappa shape index (κ2) is 7.10. The van der Waals surface area contributed by atoms with Crippen LogP contribution in [0.5, 0.6) is 0 Å². The molecule has 0 aliphatic carbocycles. The van der Waals surface area contributed by atoms with Crippen molar-refractivity contribution in [1.82, 2.24) is 0 Å². The lowest BCUT2D eigenvalue weighted by Crippen LogP contribution is -1.92. The molecule has 0 N–H and O–H groups in total. The quantitative estimate of drug-likeness (QED) is 0.576. The van der Waals surface area contributed by atoms with E-state index in [-0.39, 0.29) is 0 Å². The summed E-state index contributed by atoms with van der Waals surface area (Å²) in [7, 11) is 0. The molecule has 0 spiro atoms. The van der Waals surface area contributed by atoms with Gasteiger partial charge in [-0.05, 0) is 42.5 Å². The lowest BCUT2D eigenvalue weighted by Gasteiger charge is -2.09. The third-order valence-corrected chi connectivity index (χ3v) is 4.51. The van der Waals surface area contributed by atoms with Gasteiger partial charge in [0, 0.05) is 9.30 Å². The summed E-state index contributed by atoms with van der Waals surface area (Å²) in [6.07, 6.45) is 3.51. The van der Waals surface area contributed by atoms with E-state index in [9.17, 15) is 0 Å². The zero-order chi connectivity index (χ0) is 12.8. The van der Waals surface area contributed by atoms with Gasteiger partial charge in [0.2, 0.25) is 0 Å². The molecule has 2 aromatic rings. The minimum absolute atomic E-state index is 0.467. The van der Waals surface area contributed by atoms with Crippen LogP contribution in [0.15, 0.2) is 59.1 Å². The Morgan fingerprint density at radius 2 is 1.56 bits per heavy atom. The van der Waals surface area contributed by atoms with Crippen LogP contribution in [0.25, 0.3) is 0 Å². The van der Waals surface area contributed by atoms with Crippen LogP contribution < -0.4 is 0 Å². The van der Waals surface area contributed by atoms with Gasteiger partial charge >= 0.3 is 0 Å². The van der Waals surface area contributed by atoms with Gasteiger partial charge in [-0.15, -0.1) is 0 Å². The Morgan fingerprint density at radius 3 is 2.22 bits per heavy atom. The summed E-state index contributed by atoms with van der Waals surface area (Å²) in [5.74, 6) is 0. The molecule has 0 bridgehead atoms. The fourth-order valence-corrected chi connectivity index (χ4v) is 2.86. The first kappa shape index (κ1) is 13.8. The van der Waals surface area contributed by atoms with Crippen LogP contribution >= 0.6 is 31.9 Å². The van der Waals surface area contributed by atoms with Crippen LogP contribution in [0.3, 0.4) is 0 Å². The number of rotatable bonds is 5. The summed E-state index contributed by atoms with van der Waals surface area (Å²) in [5, 5.41) is 0. The second-order valence-corrected chi connectivity index (χ2v) is 6.42. The number of alkyl halides is 1. The van der Waals surface area contributed by atoms with Crippen molar-refractivity contribution in [3.05, 3.63) is 70.2 Å². The third-order valence-electron chi connectivity index (χ3n) is 3.00. The fraction of sp³-hybridized carbons (Fsp3) is 0.250. The molecule has 1 unspecified atom stereocenters. The molecule has 2 aromatic carbocycles. The highest BCUT2D eigenvalue weighted by molar-refractivity contribution is 9.10. The predicted molar refractivity (Wildman–Crippen MR) is 85.2 cm³/mol. The maximum Gasteiger partial charge on any atom is 0.0395 e. The van der Waals surface area contributed by atoms with Gasteiger partial charge in [0.15, 0.2) is 0 Å². The highest BCUT2D eigenvalue weighted by Crippen LogP contribution is 2.28. The van der Waals surface area contributed by atoms with Crippen molar-refractivity contribution < 1.29 is 0 Å². The molecule has 1 atom stereocenters. The number of hydrogen-bond acceptors (Lipinski definition) is 0. The maximum absolute atomic E-state index is 3.76. The van der Waals surface area contributed by atoms with Crippen molar-refractivity contribution in [3.8, 4) is 0 Å². The highest BCUT2D eigenvalue weighted by Gasteiger charge is 2.06. The Bertz CT molecular complexity index is 462. The molecule has 0 aliphatic rings. The first-order valence-corrected chi connectivity index (χ1v) is 7.90. The van der Waals surface area contributed by atoms with Gasteiger partial charge < -0.3 is 0 Å².